The maximum atomic E-state index is 12.2. The third kappa shape index (κ3) is 1.69. The Kier molecular flexibility index (Phi) is 2.62. The molecule has 2 rings (SSSR count). The number of carbonyl (C=O) groups is 2. The second-order valence-corrected chi connectivity index (χ2v) is 4.86. The number of halogens is 1. The molecule has 1 aromatic carbocycles. The molecular weight excluding hydrogens is 242 g/mol. The Labute approximate surface area is 104 Å². The van der Waals surface area contributed by atoms with Gasteiger partial charge in [-0.05, 0) is 30.7 Å². The maximum Gasteiger partial charge on any atom is 0.304 e. The fraction of sp³-hybridized carbons (Fsp3) is 0.333. The molecule has 1 heterocycles. The number of hydrogen-bond acceptors (Lipinski definition) is 2. The molecule has 0 radical (unpaired) electrons. The summed E-state index contributed by atoms with van der Waals surface area (Å²) in [5.41, 5.74) is 0.379. The highest BCUT2D eigenvalue weighted by Gasteiger charge is 2.47. The van der Waals surface area contributed by atoms with Crippen molar-refractivity contribution in [3.8, 4) is 0 Å². The summed E-state index contributed by atoms with van der Waals surface area (Å²) in [6.07, 6.45) is -0.233. The largest absolute Gasteiger partial charge is 0.481 e. The molecule has 0 aliphatic carbocycles. The number of fused-ring (bicyclic) bond motifs is 1. The van der Waals surface area contributed by atoms with Gasteiger partial charge in [-0.25, -0.2) is 0 Å². The summed E-state index contributed by atoms with van der Waals surface area (Å²) in [7, 11) is 1.64. The summed E-state index contributed by atoms with van der Waals surface area (Å²) in [5.74, 6) is -1.21. The lowest BCUT2D eigenvalue weighted by atomic mass is 9.81. The van der Waals surface area contributed by atoms with E-state index in [2.05, 4.69) is 0 Å². The number of carboxylic acids is 1. The van der Waals surface area contributed by atoms with E-state index in [1.54, 1.807) is 32.2 Å². The Bertz CT molecular complexity index is 514. The Hall–Kier alpha value is -1.55. The minimum absolute atomic E-state index is 0.211. The number of benzene rings is 1. The highest BCUT2D eigenvalue weighted by Crippen LogP contribution is 2.44. The van der Waals surface area contributed by atoms with E-state index in [1.807, 2.05) is 0 Å². The van der Waals surface area contributed by atoms with E-state index in [-0.39, 0.29) is 12.3 Å². The Balaban J connectivity index is 2.60. The molecule has 5 heteroatoms. The van der Waals surface area contributed by atoms with Crippen molar-refractivity contribution >= 4 is 29.2 Å². The van der Waals surface area contributed by atoms with Crippen LogP contribution in [0.5, 0.6) is 0 Å². The normalized spacial score (nSPS) is 22.8. The van der Waals surface area contributed by atoms with Gasteiger partial charge in [0.05, 0.1) is 11.8 Å². The van der Waals surface area contributed by atoms with E-state index >= 15 is 0 Å². The van der Waals surface area contributed by atoms with Gasteiger partial charge in [0.15, 0.2) is 0 Å². The van der Waals surface area contributed by atoms with Crippen molar-refractivity contribution in [3.05, 3.63) is 28.8 Å². The standard InChI is InChI=1S/C12H12ClNO3/c1-12(6-10(15)16)8-5-7(13)3-4-9(8)14(2)11(12)17/h3-5H,6H2,1-2H3,(H,15,16). The van der Waals surface area contributed by atoms with Gasteiger partial charge in [-0.15, -0.1) is 0 Å². The third-order valence-electron chi connectivity index (χ3n) is 3.20. The van der Waals surface area contributed by atoms with Crippen LogP contribution in [0.15, 0.2) is 18.2 Å². The van der Waals surface area contributed by atoms with E-state index < -0.39 is 11.4 Å². The minimum atomic E-state index is -1.03. The first-order chi connectivity index (χ1) is 7.86. The summed E-state index contributed by atoms with van der Waals surface area (Å²) in [6, 6.07) is 5.10. The van der Waals surface area contributed by atoms with Crippen LogP contribution in [0.1, 0.15) is 18.9 Å². The smallest absolute Gasteiger partial charge is 0.304 e. The summed E-state index contributed by atoms with van der Waals surface area (Å²) in [4.78, 5) is 24.5. The van der Waals surface area contributed by atoms with Gasteiger partial charge in [-0.1, -0.05) is 11.6 Å². The molecule has 1 aliphatic rings. The van der Waals surface area contributed by atoms with Crippen molar-refractivity contribution in [2.24, 2.45) is 0 Å². The maximum absolute atomic E-state index is 12.2. The number of rotatable bonds is 2. The lowest BCUT2D eigenvalue weighted by Gasteiger charge is -2.20. The summed E-state index contributed by atoms with van der Waals surface area (Å²) < 4.78 is 0. The second kappa shape index (κ2) is 3.74. The fourth-order valence-electron chi connectivity index (χ4n) is 2.31. The van der Waals surface area contributed by atoms with Crippen LogP contribution < -0.4 is 4.90 Å². The van der Waals surface area contributed by atoms with Crippen molar-refractivity contribution in [3.63, 3.8) is 0 Å². The predicted molar refractivity (Wildman–Crippen MR) is 64.5 cm³/mol. The fourth-order valence-corrected chi connectivity index (χ4v) is 2.48. The molecule has 0 saturated heterocycles. The van der Waals surface area contributed by atoms with Crippen molar-refractivity contribution in [2.75, 3.05) is 11.9 Å². The van der Waals surface area contributed by atoms with Gasteiger partial charge in [-0.3, -0.25) is 9.59 Å². The zero-order valence-electron chi connectivity index (χ0n) is 9.53. The molecule has 1 unspecified atom stereocenters. The minimum Gasteiger partial charge on any atom is -0.481 e. The molecule has 1 N–H and O–H groups in total. The van der Waals surface area contributed by atoms with Crippen molar-refractivity contribution in [1.29, 1.82) is 0 Å². The molecular formula is C12H12ClNO3. The van der Waals surface area contributed by atoms with E-state index in [1.165, 1.54) is 4.90 Å². The number of hydrogen-bond donors (Lipinski definition) is 1. The molecule has 1 amide bonds. The zero-order chi connectivity index (χ0) is 12.8. The van der Waals surface area contributed by atoms with E-state index in [0.717, 1.165) is 5.69 Å². The van der Waals surface area contributed by atoms with Crippen LogP contribution in [0.3, 0.4) is 0 Å². The summed E-state index contributed by atoms with van der Waals surface area (Å²) in [6.45, 7) is 1.64. The van der Waals surface area contributed by atoms with Gasteiger partial charge < -0.3 is 10.0 Å². The van der Waals surface area contributed by atoms with Crippen molar-refractivity contribution < 1.29 is 14.7 Å². The Morgan fingerprint density at radius 2 is 2.18 bits per heavy atom. The first kappa shape index (κ1) is 11.9. The number of carboxylic acid groups (broad SMARTS) is 1. The van der Waals surface area contributed by atoms with Crippen LogP contribution in [0.25, 0.3) is 0 Å². The van der Waals surface area contributed by atoms with Gasteiger partial charge in [-0.2, -0.15) is 0 Å². The first-order valence-corrected chi connectivity index (χ1v) is 5.54. The molecule has 0 bridgehead atoms. The zero-order valence-corrected chi connectivity index (χ0v) is 10.3. The average Bonchev–Trinajstić information content (AvgIpc) is 2.41. The molecule has 0 spiro atoms. The highest BCUT2D eigenvalue weighted by molar-refractivity contribution is 6.31. The van der Waals surface area contributed by atoms with Crippen molar-refractivity contribution in [2.45, 2.75) is 18.8 Å². The molecule has 0 saturated carbocycles. The first-order valence-electron chi connectivity index (χ1n) is 5.16. The van der Waals surface area contributed by atoms with Gasteiger partial charge in [0.2, 0.25) is 5.91 Å². The van der Waals surface area contributed by atoms with E-state index in [0.29, 0.717) is 10.6 Å². The summed E-state index contributed by atoms with van der Waals surface area (Å²) in [5, 5.41) is 9.44. The van der Waals surface area contributed by atoms with Gasteiger partial charge in [0.1, 0.15) is 0 Å². The molecule has 90 valence electrons. The number of likely N-dealkylation sites (N-methyl/N-ethyl adjacent to an activating group) is 1. The predicted octanol–water partition coefficient (Wildman–Crippen LogP) is 2.05. The van der Waals surface area contributed by atoms with Gasteiger partial charge in [0.25, 0.3) is 0 Å². The lowest BCUT2D eigenvalue weighted by molar-refractivity contribution is -0.140. The second-order valence-electron chi connectivity index (χ2n) is 4.43. The molecule has 0 aromatic heterocycles. The lowest BCUT2D eigenvalue weighted by Crippen LogP contribution is -2.37. The number of nitrogens with zero attached hydrogens (tertiary/aromatic N) is 1. The summed E-state index contributed by atoms with van der Waals surface area (Å²) >= 11 is 5.91. The molecule has 1 aromatic rings. The van der Waals surface area contributed by atoms with Gasteiger partial charge >= 0.3 is 5.97 Å². The number of amides is 1. The van der Waals surface area contributed by atoms with Crippen LogP contribution in [-0.2, 0) is 15.0 Å². The van der Waals surface area contributed by atoms with E-state index in [4.69, 9.17) is 16.7 Å². The van der Waals surface area contributed by atoms with Crippen LogP contribution in [-0.4, -0.2) is 24.0 Å². The van der Waals surface area contributed by atoms with E-state index in [9.17, 15) is 9.59 Å². The molecule has 1 atom stereocenters. The number of aliphatic carboxylic acids is 1. The monoisotopic (exact) mass is 253 g/mol. The van der Waals surface area contributed by atoms with Gasteiger partial charge in [0, 0.05) is 17.8 Å². The topological polar surface area (TPSA) is 57.6 Å². The Morgan fingerprint density at radius 1 is 1.53 bits per heavy atom. The van der Waals surface area contributed by atoms with Crippen LogP contribution in [0.4, 0.5) is 5.69 Å². The molecule has 0 fully saturated rings. The van der Waals surface area contributed by atoms with Crippen LogP contribution in [0.2, 0.25) is 5.02 Å². The van der Waals surface area contributed by atoms with Crippen LogP contribution in [0, 0.1) is 0 Å². The SMILES string of the molecule is CN1C(=O)C(C)(CC(=O)O)c2cc(Cl)ccc21. The molecule has 17 heavy (non-hydrogen) atoms. The molecule has 1 aliphatic heterocycles. The highest BCUT2D eigenvalue weighted by atomic mass is 35.5. The average molecular weight is 254 g/mol. The van der Waals surface area contributed by atoms with Crippen molar-refractivity contribution in [1.82, 2.24) is 0 Å². The van der Waals surface area contributed by atoms with Crippen LogP contribution >= 0.6 is 11.6 Å². The Morgan fingerprint density at radius 3 is 2.76 bits per heavy atom. The molecule has 4 nitrogen and oxygen atoms in total. The number of anilines is 1. The number of carbonyl (C=O) groups excluding carboxylic acids is 1. The third-order valence-corrected chi connectivity index (χ3v) is 3.43. The quantitative estimate of drug-likeness (QED) is 0.878.